The fourth-order valence-electron chi connectivity index (χ4n) is 3.38. The minimum absolute atomic E-state index is 0.0184. The highest BCUT2D eigenvalue weighted by Crippen LogP contribution is 2.35. The molecule has 0 bridgehead atoms. The van der Waals surface area contributed by atoms with Crippen LogP contribution in [-0.4, -0.2) is 30.6 Å². The van der Waals surface area contributed by atoms with Crippen molar-refractivity contribution in [3.8, 4) is 11.6 Å². The Morgan fingerprint density at radius 3 is 2.59 bits per heavy atom. The number of benzene rings is 1. The zero-order chi connectivity index (χ0) is 23.0. The van der Waals surface area contributed by atoms with Crippen LogP contribution in [0.15, 0.2) is 52.3 Å². The number of pyridine rings is 1. The van der Waals surface area contributed by atoms with Crippen LogP contribution in [0.25, 0.3) is 11.7 Å². The van der Waals surface area contributed by atoms with E-state index in [0.717, 1.165) is 17.5 Å². The fraction of sp³-hybridized carbons (Fsp3) is 0.250. The summed E-state index contributed by atoms with van der Waals surface area (Å²) < 4.78 is 8.00. The minimum atomic E-state index is -0.311. The number of thioether (sulfide) groups is 1. The molecule has 3 aromatic rings. The van der Waals surface area contributed by atoms with Gasteiger partial charge in [-0.3, -0.25) is 18.9 Å². The molecule has 8 heteroatoms. The van der Waals surface area contributed by atoms with Gasteiger partial charge >= 0.3 is 0 Å². The number of carbonyl (C=O) groups excluding carboxylic acids is 1. The van der Waals surface area contributed by atoms with E-state index in [-0.39, 0.29) is 29.0 Å². The molecule has 0 spiro atoms. The number of hydrogen-bond donors (Lipinski definition) is 0. The van der Waals surface area contributed by atoms with Gasteiger partial charge < -0.3 is 4.74 Å². The van der Waals surface area contributed by atoms with Crippen molar-refractivity contribution in [2.24, 2.45) is 0 Å². The van der Waals surface area contributed by atoms with Gasteiger partial charge in [-0.05, 0) is 57.0 Å². The Morgan fingerprint density at radius 2 is 1.91 bits per heavy atom. The Morgan fingerprint density at radius 1 is 1.19 bits per heavy atom. The Balaban J connectivity index is 1.87. The van der Waals surface area contributed by atoms with E-state index in [2.05, 4.69) is 4.98 Å². The van der Waals surface area contributed by atoms with E-state index in [0.29, 0.717) is 20.6 Å². The third-order valence-corrected chi connectivity index (χ3v) is 6.75. The number of hydrogen-bond acceptors (Lipinski definition) is 6. The van der Waals surface area contributed by atoms with Gasteiger partial charge in [0.25, 0.3) is 11.5 Å². The van der Waals surface area contributed by atoms with Crippen molar-refractivity contribution in [2.45, 2.75) is 40.2 Å². The van der Waals surface area contributed by atoms with Gasteiger partial charge in [0, 0.05) is 12.2 Å². The van der Waals surface area contributed by atoms with Crippen LogP contribution in [0.3, 0.4) is 0 Å². The zero-order valence-corrected chi connectivity index (χ0v) is 19.9. The van der Waals surface area contributed by atoms with Crippen molar-refractivity contribution >= 4 is 45.9 Å². The molecule has 3 heterocycles. The summed E-state index contributed by atoms with van der Waals surface area (Å²) in [4.78, 5) is 33.1. The van der Waals surface area contributed by atoms with Gasteiger partial charge in [-0.2, -0.15) is 4.98 Å². The molecule has 164 valence electrons. The molecule has 0 saturated carbocycles. The van der Waals surface area contributed by atoms with E-state index in [4.69, 9.17) is 17.0 Å². The van der Waals surface area contributed by atoms with E-state index >= 15 is 0 Å². The van der Waals surface area contributed by atoms with Gasteiger partial charge in [0.2, 0.25) is 5.88 Å². The molecule has 0 N–H and O–H groups in total. The molecule has 2 aromatic heterocycles. The zero-order valence-electron chi connectivity index (χ0n) is 18.3. The predicted molar refractivity (Wildman–Crippen MR) is 132 cm³/mol. The molecule has 4 rings (SSSR count). The third-order valence-electron chi connectivity index (χ3n) is 5.42. The van der Waals surface area contributed by atoms with Crippen molar-refractivity contribution in [3.63, 3.8) is 0 Å². The van der Waals surface area contributed by atoms with Crippen LogP contribution < -0.4 is 10.3 Å². The van der Waals surface area contributed by atoms with Crippen molar-refractivity contribution in [2.75, 3.05) is 0 Å². The van der Waals surface area contributed by atoms with Crippen LogP contribution >= 0.6 is 24.0 Å². The molecule has 1 amide bonds. The highest BCUT2D eigenvalue weighted by molar-refractivity contribution is 8.26. The molecule has 1 atom stereocenters. The van der Waals surface area contributed by atoms with E-state index < -0.39 is 0 Å². The number of amides is 1. The van der Waals surface area contributed by atoms with Crippen LogP contribution in [0.1, 0.15) is 37.0 Å². The molecular formula is C24H23N3O3S2. The minimum Gasteiger partial charge on any atom is -0.438 e. The molecular weight excluding hydrogens is 442 g/mol. The highest BCUT2D eigenvalue weighted by atomic mass is 32.2. The number of fused-ring (bicyclic) bond motifs is 1. The summed E-state index contributed by atoms with van der Waals surface area (Å²) in [5.41, 5.74) is 2.33. The number of thiocarbonyl (C=S) groups is 1. The normalized spacial score (nSPS) is 16.2. The number of nitrogens with zero attached hydrogens (tertiary/aromatic N) is 3. The number of rotatable bonds is 5. The Labute approximate surface area is 195 Å². The highest BCUT2D eigenvalue weighted by Gasteiger charge is 2.35. The van der Waals surface area contributed by atoms with Gasteiger partial charge in [-0.1, -0.05) is 54.7 Å². The van der Waals surface area contributed by atoms with Crippen molar-refractivity contribution in [3.05, 3.63) is 74.5 Å². The van der Waals surface area contributed by atoms with Gasteiger partial charge in [0.05, 0.1) is 4.91 Å². The quantitative estimate of drug-likeness (QED) is 0.386. The third kappa shape index (κ3) is 4.08. The number of aromatic nitrogens is 2. The monoisotopic (exact) mass is 465 g/mol. The lowest BCUT2D eigenvalue weighted by atomic mass is 10.2. The van der Waals surface area contributed by atoms with Crippen molar-refractivity contribution in [1.82, 2.24) is 14.3 Å². The van der Waals surface area contributed by atoms with Crippen LogP contribution in [-0.2, 0) is 4.79 Å². The van der Waals surface area contributed by atoms with Crippen LogP contribution in [0.5, 0.6) is 11.6 Å². The summed E-state index contributed by atoms with van der Waals surface area (Å²) >= 11 is 6.62. The summed E-state index contributed by atoms with van der Waals surface area (Å²) in [6.07, 6.45) is 3.99. The maximum Gasteiger partial charge on any atom is 0.269 e. The molecule has 1 fully saturated rings. The summed E-state index contributed by atoms with van der Waals surface area (Å²) in [7, 11) is 0. The van der Waals surface area contributed by atoms with Gasteiger partial charge in [-0.25, -0.2) is 0 Å². The van der Waals surface area contributed by atoms with Crippen molar-refractivity contribution in [1.29, 1.82) is 0 Å². The summed E-state index contributed by atoms with van der Waals surface area (Å²) in [6, 6.07) is 11.1. The lowest BCUT2D eigenvalue weighted by molar-refractivity contribution is -0.123. The molecule has 1 aliphatic heterocycles. The van der Waals surface area contributed by atoms with Crippen molar-refractivity contribution < 1.29 is 9.53 Å². The van der Waals surface area contributed by atoms with Crippen LogP contribution in [0.2, 0.25) is 0 Å². The number of carbonyl (C=O) groups is 1. The Hall–Kier alpha value is -2.97. The second-order valence-corrected chi connectivity index (χ2v) is 9.42. The fourth-order valence-corrected chi connectivity index (χ4v) is 4.83. The summed E-state index contributed by atoms with van der Waals surface area (Å²) in [5, 5.41) is 0. The molecule has 1 saturated heterocycles. The van der Waals surface area contributed by atoms with Gasteiger partial charge in [0.15, 0.2) is 0 Å². The van der Waals surface area contributed by atoms with E-state index in [1.807, 2.05) is 58.0 Å². The standard InChI is InChI=1S/C24H23N3O3S2/c1-5-16(4)27-23(29)19(32-24(27)31)13-18-21(30-17-10-8-14(2)9-11-17)25-20-15(3)7-6-12-26(20)22(18)28/h6-13,16H,5H2,1-4H3/b19-13-/t16-/m1/s1. The second kappa shape index (κ2) is 8.88. The maximum atomic E-state index is 13.4. The number of aryl methyl sites for hydroxylation is 2. The van der Waals surface area contributed by atoms with Crippen LogP contribution in [0, 0.1) is 13.8 Å². The lowest BCUT2D eigenvalue weighted by Crippen LogP contribution is -2.36. The second-order valence-electron chi connectivity index (χ2n) is 7.74. The first-order valence-corrected chi connectivity index (χ1v) is 11.6. The Kier molecular flexibility index (Phi) is 6.17. The average Bonchev–Trinajstić information content (AvgIpc) is 3.05. The topological polar surface area (TPSA) is 63.9 Å². The van der Waals surface area contributed by atoms with Gasteiger partial charge in [-0.15, -0.1) is 0 Å². The smallest absolute Gasteiger partial charge is 0.269 e. The maximum absolute atomic E-state index is 13.4. The first-order valence-electron chi connectivity index (χ1n) is 10.3. The average molecular weight is 466 g/mol. The molecule has 1 aromatic carbocycles. The molecule has 0 aliphatic carbocycles. The summed E-state index contributed by atoms with van der Waals surface area (Å²) in [6.45, 7) is 7.82. The van der Waals surface area contributed by atoms with Gasteiger partial charge in [0.1, 0.15) is 21.3 Å². The SMILES string of the molecule is CC[C@@H](C)N1C(=O)/C(=C/c2c(Oc3ccc(C)cc3)nc3c(C)cccn3c2=O)SC1=S. The van der Waals surface area contributed by atoms with E-state index in [9.17, 15) is 9.59 Å². The first kappa shape index (κ1) is 22.2. The van der Waals surface area contributed by atoms with E-state index in [1.54, 1.807) is 23.2 Å². The molecule has 0 radical (unpaired) electrons. The molecule has 1 aliphatic rings. The van der Waals surface area contributed by atoms with E-state index in [1.165, 1.54) is 16.2 Å². The lowest BCUT2D eigenvalue weighted by Gasteiger charge is -2.21. The largest absolute Gasteiger partial charge is 0.438 e. The molecule has 6 nitrogen and oxygen atoms in total. The first-order chi connectivity index (χ1) is 15.3. The molecule has 32 heavy (non-hydrogen) atoms. The Bertz CT molecular complexity index is 1310. The summed E-state index contributed by atoms with van der Waals surface area (Å²) in [5.74, 6) is 0.508. The van der Waals surface area contributed by atoms with Crippen LogP contribution in [0.4, 0.5) is 0 Å². The number of ether oxygens (including phenoxy) is 1. The molecule has 0 unspecified atom stereocenters. The predicted octanol–water partition coefficient (Wildman–Crippen LogP) is 5.10.